The fourth-order valence-electron chi connectivity index (χ4n) is 1.87. The van der Waals surface area contributed by atoms with Crippen LogP contribution in [0.15, 0.2) is 57.4 Å². The third-order valence-electron chi connectivity index (χ3n) is 3.19. The molecule has 126 valence electrons. The van der Waals surface area contributed by atoms with E-state index < -0.39 is 14.9 Å². The molecule has 0 aliphatic heterocycles. The second kappa shape index (κ2) is 7.45. The van der Waals surface area contributed by atoms with E-state index in [2.05, 4.69) is 9.93 Å². The van der Waals surface area contributed by atoms with Crippen molar-refractivity contribution in [1.82, 2.24) is 4.83 Å². The number of benzene rings is 2. The Morgan fingerprint density at radius 1 is 1.21 bits per heavy atom. The molecule has 0 saturated heterocycles. The van der Waals surface area contributed by atoms with Crippen LogP contribution in [-0.2, 0) is 10.0 Å². The zero-order valence-electron chi connectivity index (χ0n) is 13.0. The van der Waals surface area contributed by atoms with Gasteiger partial charge in [-0.15, -0.1) is 11.8 Å². The Hall–Kier alpha value is -2.39. The molecule has 2 rings (SSSR count). The number of sulfonamides is 1. The number of hydrazone groups is 1. The second-order valence-electron chi connectivity index (χ2n) is 4.83. The van der Waals surface area contributed by atoms with Crippen molar-refractivity contribution in [3.8, 4) is 0 Å². The fourth-order valence-corrected chi connectivity index (χ4v) is 3.09. The van der Waals surface area contributed by atoms with Gasteiger partial charge in [-0.2, -0.15) is 13.5 Å². The molecule has 0 aromatic heterocycles. The summed E-state index contributed by atoms with van der Waals surface area (Å²) in [6, 6.07) is 11.1. The lowest BCUT2D eigenvalue weighted by Gasteiger charge is -2.04. The van der Waals surface area contributed by atoms with Gasteiger partial charge in [-0.3, -0.25) is 10.1 Å². The van der Waals surface area contributed by atoms with Crippen molar-refractivity contribution in [3.63, 3.8) is 0 Å². The number of nitrogens with zero attached hydrogens (tertiary/aromatic N) is 2. The normalized spacial score (nSPS) is 11.6. The lowest BCUT2D eigenvalue weighted by atomic mass is 10.2. The summed E-state index contributed by atoms with van der Waals surface area (Å²) in [7, 11) is -3.97. The highest BCUT2D eigenvalue weighted by Gasteiger charge is 2.19. The third kappa shape index (κ3) is 4.33. The van der Waals surface area contributed by atoms with Crippen molar-refractivity contribution < 1.29 is 13.3 Å². The van der Waals surface area contributed by atoms with E-state index >= 15 is 0 Å². The Morgan fingerprint density at radius 2 is 1.88 bits per heavy atom. The van der Waals surface area contributed by atoms with Gasteiger partial charge in [0.2, 0.25) is 0 Å². The number of aryl methyl sites for hydroxylation is 1. The molecule has 0 aliphatic rings. The molecule has 0 aliphatic carbocycles. The van der Waals surface area contributed by atoms with Crippen LogP contribution in [0.25, 0.3) is 0 Å². The van der Waals surface area contributed by atoms with Crippen molar-refractivity contribution in [1.29, 1.82) is 0 Å². The molecule has 0 amide bonds. The van der Waals surface area contributed by atoms with E-state index in [1.54, 1.807) is 30.8 Å². The van der Waals surface area contributed by atoms with Gasteiger partial charge in [-0.25, -0.2) is 4.83 Å². The molecule has 0 saturated carbocycles. The molecule has 7 nitrogen and oxygen atoms in total. The summed E-state index contributed by atoms with van der Waals surface area (Å²) in [5, 5.41) is 14.6. The molecule has 0 fully saturated rings. The first-order valence-electron chi connectivity index (χ1n) is 6.77. The minimum Gasteiger partial charge on any atom is -0.258 e. The second-order valence-corrected chi connectivity index (χ2v) is 7.37. The first kappa shape index (κ1) is 18.0. The third-order valence-corrected chi connectivity index (χ3v) is 5.15. The van der Waals surface area contributed by atoms with Crippen molar-refractivity contribution in [2.75, 3.05) is 6.26 Å². The van der Waals surface area contributed by atoms with E-state index in [0.29, 0.717) is 5.56 Å². The van der Waals surface area contributed by atoms with Crippen LogP contribution in [-0.4, -0.2) is 25.8 Å². The van der Waals surface area contributed by atoms with Crippen molar-refractivity contribution >= 4 is 33.7 Å². The molecule has 0 bridgehead atoms. The average Bonchev–Trinajstić information content (AvgIpc) is 2.55. The molecule has 0 heterocycles. The number of thioether (sulfide) groups is 1. The number of nitro benzene ring substituents is 1. The molecule has 0 spiro atoms. The monoisotopic (exact) mass is 365 g/mol. The predicted molar refractivity (Wildman–Crippen MR) is 94.0 cm³/mol. The SMILES string of the molecule is CSc1ccc(/C=N/NS(=O)(=O)c2ccc(C)c([N+](=O)[O-])c2)cc1. The van der Waals surface area contributed by atoms with Gasteiger partial charge in [-0.1, -0.05) is 18.2 Å². The summed E-state index contributed by atoms with van der Waals surface area (Å²) in [6.45, 7) is 1.54. The van der Waals surface area contributed by atoms with Crippen LogP contribution in [0.1, 0.15) is 11.1 Å². The van der Waals surface area contributed by atoms with E-state index in [-0.39, 0.29) is 10.6 Å². The van der Waals surface area contributed by atoms with E-state index in [0.717, 1.165) is 16.5 Å². The van der Waals surface area contributed by atoms with Gasteiger partial charge in [0.25, 0.3) is 15.7 Å². The maximum absolute atomic E-state index is 12.2. The summed E-state index contributed by atoms with van der Waals surface area (Å²) in [5.74, 6) is 0. The number of nitro groups is 1. The summed E-state index contributed by atoms with van der Waals surface area (Å²) >= 11 is 1.60. The van der Waals surface area contributed by atoms with Crippen LogP contribution in [0.2, 0.25) is 0 Å². The van der Waals surface area contributed by atoms with Crippen LogP contribution in [0.3, 0.4) is 0 Å². The predicted octanol–water partition coefficient (Wildman–Crippen LogP) is 2.94. The smallest absolute Gasteiger partial charge is 0.258 e. The molecule has 9 heteroatoms. The molecule has 2 aromatic rings. The molecular weight excluding hydrogens is 350 g/mol. The minimum absolute atomic E-state index is 0.213. The Labute approximate surface area is 144 Å². The van der Waals surface area contributed by atoms with Crippen molar-refractivity contribution in [2.24, 2.45) is 5.10 Å². The number of hydrogen-bond acceptors (Lipinski definition) is 6. The molecule has 0 unspecified atom stereocenters. The quantitative estimate of drug-likeness (QED) is 0.367. The topological polar surface area (TPSA) is 102 Å². The molecule has 2 aromatic carbocycles. The molecule has 24 heavy (non-hydrogen) atoms. The summed E-state index contributed by atoms with van der Waals surface area (Å²) in [6.07, 6.45) is 3.32. The zero-order valence-corrected chi connectivity index (χ0v) is 14.6. The standard InChI is InChI=1S/C15H15N3O4S2/c1-11-3-8-14(9-15(11)18(19)20)24(21,22)17-16-10-12-4-6-13(23-2)7-5-12/h3-10,17H,1-2H3/b16-10+. The lowest BCUT2D eigenvalue weighted by molar-refractivity contribution is -0.385. The lowest BCUT2D eigenvalue weighted by Crippen LogP contribution is -2.18. The van der Waals surface area contributed by atoms with E-state index in [1.165, 1.54) is 18.3 Å². The van der Waals surface area contributed by atoms with E-state index in [9.17, 15) is 18.5 Å². The van der Waals surface area contributed by atoms with Gasteiger partial charge < -0.3 is 0 Å². The molecule has 0 atom stereocenters. The largest absolute Gasteiger partial charge is 0.276 e. The van der Waals surface area contributed by atoms with E-state index in [1.807, 2.05) is 18.4 Å². The van der Waals surface area contributed by atoms with Crippen LogP contribution in [0.4, 0.5) is 5.69 Å². The van der Waals surface area contributed by atoms with Crippen LogP contribution in [0.5, 0.6) is 0 Å². The van der Waals surface area contributed by atoms with Gasteiger partial charge in [0, 0.05) is 16.5 Å². The molecule has 1 N–H and O–H groups in total. The number of rotatable bonds is 6. The first-order valence-corrected chi connectivity index (χ1v) is 9.48. The van der Waals surface area contributed by atoms with Crippen LogP contribution >= 0.6 is 11.8 Å². The van der Waals surface area contributed by atoms with Crippen LogP contribution < -0.4 is 4.83 Å². The van der Waals surface area contributed by atoms with Gasteiger partial charge in [-0.05, 0) is 36.9 Å². The van der Waals surface area contributed by atoms with Crippen molar-refractivity contribution in [2.45, 2.75) is 16.7 Å². The molecular formula is C15H15N3O4S2. The summed E-state index contributed by atoms with van der Waals surface area (Å²) in [5.41, 5.74) is 0.858. The highest BCUT2D eigenvalue weighted by Crippen LogP contribution is 2.22. The van der Waals surface area contributed by atoms with Gasteiger partial charge >= 0.3 is 0 Å². The van der Waals surface area contributed by atoms with Crippen LogP contribution in [0, 0.1) is 17.0 Å². The van der Waals surface area contributed by atoms with E-state index in [4.69, 9.17) is 0 Å². The average molecular weight is 365 g/mol. The summed E-state index contributed by atoms with van der Waals surface area (Å²) < 4.78 is 24.3. The maximum atomic E-state index is 12.2. The van der Waals surface area contributed by atoms with Crippen molar-refractivity contribution in [3.05, 3.63) is 63.7 Å². The number of hydrogen-bond donors (Lipinski definition) is 1. The minimum atomic E-state index is -3.97. The Kier molecular flexibility index (Phi) is 5.58. The van der Waals surface area contributed by atoms with Gasteiger partial charge in [0.05, 0.1) is 16.0 Å². The Morgan fingerprint density at radius 3 is 2.46 bits per heavy atom. The fraction of sp³-hybridized carbons (Fsp3) is 0.133. The van der Waals surface area contributed by atoms with Gasteiger partial charge in [0.1, 0.15) is 0 Å². The highest BCUT2D eigenvalue weighted by molar-refractivity contribution is 7.98. The molecule has 0 radical (unpaired) electrons. The van der Waals surface area contributed by atoms with Gasteiger partial charge in [0.15, 0.2) is 0 Å². The Balaban J connectivity index is 2.17. The zero-order chi connectivity index (χ0) is 17.7. The summed E-state index contributed by atoms with van der Waals surface area (Å²) in [4.78, 5) is 13.2. The number of nitrogens with one attached hydrogen (secondary N) is 1. The highest BCUT2D eigenvalue weighted by atomic mass is 32.2. The first-order chi connectivity index (χ1) is 11.3. The Bertz CT molecular complexity index is 878. The maximum Gasteiger partial charge on any atom is 0.276 e.